The van der Waals surface area contributed by atoms with Gasteiger partial charge in [-0.15, -0.1) is 0 Å². The normalized spacial score (nSPS) is 10.3. The van der Waals surface area contributed by atoms with Crippen molar-refractivity contribution in [1.82, 2.24) is 15.0 Å². The highest BCUT2D eigenvalue weighted by atomic mass is 16.5. The average molecular weight is 427 g/mol. The van der Waals surface area contributed by atoms with Gasteiger partial charge in [0.25, 0.3) is 5.91 Å². The molecule has 0 unspecified atom stereocenters. The van der Waals surface area contributed by atoms with Crippen LogP contribution in [0.1, 0.15) is 10.4 Å². The lowest BCUT2D eigenvalue weighted by molar-refractivity contribution is 0.102. The minimum atomic E-state index is -0.289. The predicted molar refractivity (Wildman–Crippen MR) is 122 cm³/mol. The molecule has 8 heteroatoms. The molecule has 0 radical (unpaired) electrons. The SMILES string of the molecule is COc1cc(OC)cc(C(=O)Nc2cccc(N(c3cccnc3)c3ncccn3)c2)c1. The first-order valence-corrected chi connectivity index (χ1v) is 9.79. The molecule has 0 spiro atoms. The number of methoxy groups -OCH3 is 2. The highest BCUT2D eigenvalue weighted by Gasteiger charge is 2.16. The maximum Gasteiger partial charge on any atom is 0.255 e. The first kappa shape index (κ1) is 20.8. The third-order valence-corrected chi connectivity index (χ3v) is 4.63. The zero-order chi connectivity index (χ0) is 22.3. The summed E-state index contributed by atoms with van der Waals surface area (Å²) in [5.74, 6) is 1.27. The van der Waals surface area contributed by atoms with E-state index in [0.29, 0.717) is 28.7 Å². The lowest BCUT2D eigenvalue weighted by Crippen LogP contribution is -2.15. The maximum absolute atomic E-state index is 12.9. The molecule has 8 nitrogen and oxygen atoms in total. The number of ether oxygens (including phenoxy) is 2. The van der Waals surface area contributed by atoms with Gasteiger partial charge in [0.2, 0.25) is 5.95 Å². The van der Waals surface area contributed by atoms with Crippen LogP contribution in [0, 0.1) is 0 Å². The van der Waals surface area contributed by atoms with Gasteiger partial charge in [-0.1, -0.05) is 6.07 Å². The number of benzene rings is 2. The van der Waals surface area contributed by atoms with E-state index in [9.17, 15) is 4.79 Å². The lowest BCUT2D eigenvalue weighted by atomic mass is 10.1. The number of hydrogen-bond acceptors (Lipinski definition) is 7. The first-order chi connectivity index (χ1) is 15.7. The van der Waals surface area contributed by atoms with Crippen LogP contribution in [0.3, 0.4) is 0 Å². The standard InChI is InChI=1S/C24H21N5O3/c1-31-21-12-17(13-22(15-21)32-2)23(30)28-18-6-3-7-19(14-18)29(20-8-4-9-25-16-20)24-26-10-5-11-27-24/h3-16H,1-2H3,(H,28,30). The van der Waals surface area contributed by atoms with Crippen LogP contribution in [0.2, 0.25) is 0 Å². The van der Waals surface area contributed by atoms with E-state index < -0.39 is 0 Å². The first-order valence-electron chi connectivity index (χ1n) is 9.79. The lowest BCUT2D eigenvalue weighted by Gasteiger charge is -2.23. The molecule has 4 aromatic rings. The Morgan fingerprint density at radius 2 is 1.56 bits per heavy atom. The van der Waals surface area contributed by atoms with Crippen molar-refractivity contribution in [2.75, 3.05) is 24.4 Å². The smallest absolute Gasteiger partial charge is 0.255 e. The minimum absolute atomic E-state index is 0.289. The summed E-state index contributed by atoms with van der Waals surface area (Å²) in [6.07, 6.45) is 6.78. The van der Waals surface area contributed by atoms with Crippen molar-refractivity contribution < 1.29 is 14.3 Å². The summed E-state index contributed by atoms with van der Waals surface area (Å²) < 4.78 is 10.5. The number of nitrogens with one attached hydrogen (secondary N) is 1. The van der Waals surface area contributed by atoms with E-state index in [1.54, 1.807) is 63.3 Å². The van der Waals surface area contributed by atoms with Gasteiger partial charge in [0.15, 0.2) is 0 Å². The van der Waals surface area contributed by atoms with Crippen LogP contribution in [0.5, 0.6) is 11.5 Å². The zero-order valence-electron chi connectivity index (χ0n) is 17.6. The fourth-order valence-electron chi connectivity index (χ4n) is 3.14. The molecule has 4 rings (SSSR count). The summed E-state index contributed by atoms with van der Waals surface area (Å²) >= 11 is 0. The number of carbonyl (C=O) groups excluding carboxylic acids is 1. The number of anilines is 4. The quantitative estimate of drug-likeness (QED) is 0.461. The fourth-order valence-corrected chi connectivity index (χ4v) is 3.14. The van der Waals surface area contributed by atoms with Gasteiger partial charge in [0, 0.05) is 35.9 Å². The summed E-state index contributed by atoms with van der Waals surface area (Å²) in [6.45, 7) is 0. The molecule has 160 valence electrons. The number of nitrogens with zero attached hydrogens (tertiary/aromatic N) is 4. The molecule has 2 aromatic heterocycles. The summed E-state index contributed by atoms with van der Waals surface area (Å²) in [7, 11) is 3.08. The second-order valence-electron chi connectivity index (χ2n) is 6.70. The number of carbonyl (C=O) groups is 1. The monoisotopic (exact) mass is 427 g/mol. The molecule has 2 heterocycles. The molecule has 32 heavy (non-hydrogen) atoms. The van der Waals surface area contributed by atoms with Gasteiger partial charge >= 0.3 is 0 Å². The Labute approximate surface area is 185 Å². The van der Waals surface area contributed by atoms with Crippen LogP contribution in [0.25, 0.3) is 0 Å². The van der Waals surface area contributed by atoms with Gasteiger partial charge in [-0.05, 0) is 48.5 Å². The van der Waals surface area contributed by atoms with Crippen LogP contribution in [-0.4, -0.2) is 35.1 Å². The molecule has 0 saturated heterocycles. The summed E-state index contributed by atoms with van der Waals surface area (Å²) in [5.41, 5.74) is 2.59. The number of aromatic nitrogens is 3. The average Bonchev–Trinajstić information content (AvgIpc) is 2.85. The van der Waals surface area contributed by atoms with Gasteiger partial charge in [-0.2, -0.15) is 0 Å². The fraction of sp³-hybridized carbons (Fsp3) is 0.0833. The van der Waals surface area contributed by atoms with Crippen molar-refractivity contribution in [1.29, 1.82) is 0 Å². The van der Waals surface area contributed by atoms with Gasteiger partial charge in [0.05, 0.1) is 31.8 Å². The van der Waals surface area contributed by atoms with Gasteiger partial charge in [-0.3, -0.25) is 14.7 Å². The Balaban J connectivity index is 1.66. The Kier molecular flexibility index (Phi) is 6.22. The number of amides is 1. The molecule has 2 aromatic carbocycles. The van der Waals surface area contributed by atoms with Gasteiger partial charge in [-0.25, -0.2) is 9.97 Å². The van der Waals surface area contributed by atoms with E-state index in [1.807, 2.05) is 41.3 Å². The van der Waals surface area contributed by atoms with Crippen LogP contribution in [-0.2, 0) is 0 Å². The molecule has 0 aliphatic carbocycles. The topological polar surface area (TPSA) is 89.5 Å². The third kappa shape index (κ3) is 4.65. The predicted octanol–water partition coefficient (Wildman–Crippen LogP) is 4.61. The zero-order valence-corrected chi connectivity index (χ0v) is 17.6. The van der Waals surface area contributed by atoms with E-state index in [4.69, 9.17) is 9.47 Å². The summed E-state index contributed by atoms with van der Waals surface area (Å²) in [5, 5.41) is 2.93. The van der Waals surface area contributed by atoms with E-state index in [-0.39, 0.29) is 5.91 Å². The van der Waals surface area contributed by atoms with Crippen LogP contribution < -0.4 is 19.7 Å². The molecular formula is C24H21N5O3. The molecule has 1 amide bonds. The van der Waals surface area contributed by atoms with Gasteiger partial charge in [0.1, 0.15) is 11.5 Å². The molecule has 0 fully saturated rings. The molecule has 1 N–H and O–H groups in total. The van der Waals surface area contributed by atoms with Crippen molar-refractivity contribution in [3.63, 3.8) is 0 Å². The third-order valence-electron chi connectivity index (χ3n) is 4.63. The highest BCUT2D eigenvalue weighted by molar-refractivity contribution is 6.05. The number of rotatable bonds is 7. The largest absolute Gasteiger partial charge is 0.497 e. The van der Waals surface area contributed by atoms with Crippen LogP contribution >= 0.6 is 0 Å². The Hall–Kier alpha value is -4.46. The maximum atomic E-state index is 12.9. The van der Waals surface area contributed by atoms with Crippen LogP contribution in [0.4, 0.5) is 23.0 Å². The Morgan fingerprint density at radius 3 is 2.22 bits per heavy atom. The van der Waals surface area contributed by atoms with E-state index in [2.05, 4.69) is 20.3 Å². The van der Waals surface area contributed by atoms with Crippen molar-refractivity contribution in [2.24, 2.45) is 0 Å². The number of hydrogen-bond donors (Lipinski definition) is 1. The molecule has 0 atom stereocenters. The number of pyridine rings is 1. The van der Waals surface area contributed by atoms with Crippen molar-refractivity contribution in [2.45, 2.75) is 0 Å². The summed E-state index contributed by atoms with van der Waals surface area (Å²) in [4.78, 5) is 27.7. The molecule has 0 aliphatic heterocycles. The van der Waals surface area contributed by atoms with Gasteiger partial charge < -0.3 is 14.8 Å². The second-order valence-corrected chi connectivity index (χ2v) is 6.70. The Bertz CT molecular complexity index is 1140. The van der Waals surface area contributed by atoms with E-state index in [1.165, 1.54) is 0 Å². The molecule has 0 saturated carbocycles. The summed E-state index contributed by atoms with van der Waals surface area (Å²) in [6, 6.07) is 17.9. The molecule has 0 bridgehead atoms. The van der Waals surface area contributed by atoms with E-state index >= 15 is 0 Å². The van der Waals surface area contributed by atoms with Crippen molar-refractivity contribution in [3.8, 4) is 11.5 Å². The highest BCUT2D eigenvalue weighted by Crippen LogP contribution is 2.32. The van der Waals surface area contributed by atoms with E-state index in [0.717, 1.165) is 11.4 Å². The molecule has 0 aliphatic rings. The molecular weight excluding hydrogens is 406 g/mol. The second kappa shape index (κ2) is 9.57. The van der Waals surface area contributed by atoms with Crippen molar-refractivity contribution >= 4 is 28.9 Å². The van der Waals surface area contributed by atoms with Crippen LogP contribution in [0.15, 0.2) is 85.5 Å². The van der Waals surface area contributed by atoms with Crippen molar-refractivity contribution in [3.05, 3.63) is 91.0 Å². The Morgan fingerprint density at radius 1 is 0.844 bits per heavy atom. The minimum Gasteiger partial charge on any atom is -0.497 e.